The first-order chi connectivity index (χ1) is 10.3. The number of nitrogens with zero attached hydrogens (tertiary/aromatic N) is 1. The van der Waals surface area contributed by atoms with Crippen LogP contribution in [0.1, 0.15) is 6.42 Å². The lowest BCUT2D eigenvalue weighted by atomic mass is 9.95. The maximum atomic E-state index is 12.3. The molecule has 6 nitrogen and oxygen atoms in total. The molecule has 21 heavy (non-hydrogen) atoms. The fourth-order valence-electron chi connectivity index (χ4n) is 3.23. The predicted octanol–water partition coefficient (Wildman–Crippen LogP) is -0.701. The fourth-order valence-corrected chi connectivity index (χ4v) is 4.71. The Bertz CT molecular complexity index is 351. The van der Waals surface area contributed by atoms with Gasteiger partial charge in [-0.1, -0.05) is 0 Å². The molecule has 0 radical (unpaired) electrons. The number of thioether (sulfide) groups is 1. The van der Waals surface area contributed by atoms with Gasteiger partial charge in [0.1, 0.15) is 6.10 Å². The molecule has 3 fully saturated rings. The van der Waals surface area contributed by atoms with Gasteiger partial charge in [-0.05, 0) is 12.2 Å². The molecule has 2 atom stereocenters. The average molecular weight is 315 g/mol. The van der Waals surface area contributed by atoms with Crippen LogP contribution in [0, 0.1) is 0 Å². The third kappa shape index (κ3) is 3.71. The number of nitrogens with one attached hydrogen (secondary N) is 2. The van der Waals surface area contributed by atoms with Crippen molar-refractivity contribution in [2.24, 2.45) is 0 Å². The summed E-state index contributed by atoms with van der Waals surface area (Å²) in [6.45, 7) is 6.33. The van der Waals surface area contributed by atoms with Crippen LogP contribution in [-0.4, -0.2) is 86.5 Å². The quantitative estimate of drug-likeness (QED) is 0.715. The smallest absolute Gasteiger partial charge is 0.250 e. The molecule has 2 N–H and O–H groups in total. The van der Waals surface area contributed by atoms with Gasteiger partial charge in [-0.15, -0.1) is 0 Å². The first-order valence-electron chi connectivity index (χ1n) is 7.81. The van der Waals surface area contributed by atoms with Gasteiger partial charge < -0.3 is 20.1 Å². The van der Waals surface area contributed by atoms with E-state index in [9.17, 15) is 4.79 Å². The molecule has 0 saturated carbocycles. The third-order valence-electron chi connectivity index (χ3n) is 4.58. The van der Waals surface area contributed by atoms with Gasteiger partial charge in [-0.2, -0.15) is 11.8 Å². The van der Waals surface area contributed by atoms with Crippen molar-refractivity contribution in [1.29, 1.82) is 0 Å². The van der Waals surface area contributed by atoms with E-state index in [1.165, 1.54) is 5.75 Å². The molecule has 0 bridgehead atoms. The van der Waals surface area contributed by atoms with Crippen molar-refractivity contribution in [3.63, 3.8) is 0 Å². The Morgan fingerprint density at radius 3 is 2.90 bits per heavy atom. The highest BCUT2D eigenvalue weighted by Gasteiger charge is 2.41. The summed E-state index contributed by atoms with van der Waals surface area (Å²) in [6.07, 6.45) is 0.802. The van der Waals surface area contributed by atoms with Crippen molar-refractivity contribution >= 4 is 17.7 Å². The van der Waals surface area contributed by atoms with E-state index in [0.717, 1.165) is 51.6 Å². The molecule has 0 aromatic heterocycles. The first-order valence-corrected chi connectivity index (χ1v) is 8.96. The van der Waals surface area contributed by atoms with E-state index in [4.69, 9.17) is 9.47 Å². The molecule has 0 aromatic rings. The Morgan fingerprint density at radius 2 is 2.24 bits per heavy atom. The van der Waals surface area contributed by atoms with Crippen LogP contribution in [0.15, 0.2) is 0 Å². The molecule has 0 spiro atoms. The van der Waals surface area contributed by atoms with Crippen LogP contribution in [0.4, 0.5) is 0 Å². The largest absolute Gasteiger partial charge is 0.379 e. The number of carbonyl (C=O) groups is 1. The van der Waals surface area contributed by atoms with Crippen LogP contribution in [0.3, 0.4) is 0 Å². The van der Waals surface area contributed by atoms with Crippen molar-refractivity contribution in [3.05, 3.63) is 0 Å². The Balaban J connectivity index is 1.56. The average Bonchev–Trinajstić information content (AvgIpc) is 3.04. The zero-order valence-electron chi connectivity index (χ0n) is 12.4. The summed E-state index contributed by atoms with van der Waals surface area (Å²) in [5.74, 6) is 2.29. The number of ether oxygens (including phenoxy) is 2. The summed E-state index contributed by atoms with van der Waals surface area (Å²) in [5, 5.41) is 6.33. The number of rotatable bonds is 4. The van der Waals surface area contributed by atoms with Crippen LogP contribution in [0.2, 0.25) is 0 Å². The minimum atomic E-state index is -0.338. The summed E-state index contributed by atoms with van der Waals surface area (Å²) < 4.78 is 11.0. The molecular weight excluding hydrogens is 290 g/mol. The van der Waals surface area contributed by atoms with Crippen molar-refractivity contribution in [2.45, 2.75) is 18.1 Å². The Hall–Kier alpha value is -0.340. The molecule has 120 valence electrons. The predicted molar refractivity (Wildman–Crippen MR) is 82.7 cm³/mol. The molecule has 3 rings (SSSR count). The fraction of sp³-hybridized carbons (Fsp3) is 0.929. The Morgan fingerprint density at radius 1 is 1.38 bits per heavy atom. The molecule has 0 aliphatic carbocycles. The molecular formula is C14H25N3O3S. The zero-order valence-corrected chi connectivity index (χ0v) is 13.3. The third-order valence-corrected chi connectivity index (χ3v) is 5.81. The van der Waals surface area contributed by atoms with E-state index in [0.29, 0.717) is 13.2 Å². The molecule has 3 heterocycles. The van der Waals surface area contributed by atoms with Gasteiger partial charge >= 0.3 is 0 Å². The van der Waals surface area contributed by atoms with E-state index < -0.39 is 0 Å². The topological polar surface area (TPSA) is 62.8 Å². The van der Waals surface area contributed by atoms with Crippen molar-refractivity contribution in [3.8, 4) is 0 Å². The zero-order chi connectivity index (χ0) is 14.5. The van der Waals surface area contributed by atoms with E-state index >= 15 is 0 Å². The van der Waals surface area contributed by atoms with Crippen molar-refractivity contribution in [1.82, 2.24) is 15.5 Å². The van der Waals surface area contributed by atoms with Crippen LogP contribution in [-0.2, 0) is 14.3 Å². The van der Waals surface area contributed by atoms with Gasteiger partial charge in [0.15, 0.2) is 0 Å². The number of amides is 1. The molecule has 2 unspecified atom stereocenters. The van der Waals surface area contributed by atoms with Crippen molar-refractivity contribution in [2.75, 3.05) is 64.1 Å². The van der Waals surface area contributed by atoms with E-state index in [-0.39, 0.29) is 17.6 Å². The maximum absolute atomic E-state index is 12.3. The summed E-state index contributed by atoms with van der Waals surface area (Å²) >= 11 is 1.98. The first kappa shape index (κ1) is 15.6. The lowest BCUT2D eigenvalue weighted by Gasteiger charge is -2.43. The van der Waals surface area contributed by atoms with Crippen LogP contribution >= 0.6 is 11.8 Å². The second-order valence-corrected chi connectivity index (χ2v) is 7.01. The van der Waals surface area contributed by atoms with Crippen LogP contribution in [0.5, 0.6) is 0 Å². The highest BCUT2D eigenvalue weighted by molar-refractivity contribution is 7.99. The SMILES string of the molecule is O=C(NCC1(N2CCOCC2)CCSC1)C1CNCCO1. The van der Waals surface area contributed by atoms with E-state index in [1.807, 2.05) is 11.8 Å². The van der Waals surface area contributed by atoms with E-state index in [1.54, 1.807) is 0 Å². The van der Waals surface area contributed by atoms with Crippen LogP contribution in [0.25, 0.3) is 0 Å². The minimum absolute atomic E-state index is 0.0201. The number of carbonyl (C=O) groups excluding carboxylic acids is 1. The van der Waals surface area contributed by atoms with Gasteiger partial charge in [0.25, 0.3) is 5.91 Å². The number of hydrogen-bond acceptors (Lipinski definition) is 6. The lowest BCUT2D eigenvalue weighted by Crippen LogP contribution is -2.60. The van der Waals surface area contributed by atoms with Gasteiger partial charge in [0, 0.05) is 44.0 Å². The standard InChI is InChI=1S/C14H25N3O3S/c18-13(12-9-15-2-5-20-12)16-10-14(1-8-21-11-14)17-3-6-19-7-4-17/h12,15H,1-11H2,(H,16,18). The van der Waals surface area contributed by atoms with Gasteiger partial charge in [0.2, 0.25) is 0 Å². The second kappa shape index (κ2) is 7.28. The normalized spacial score (nSPS) is 34.8. The molecule has 3 saturated heterocycles. The summed E-state index contributed by atoms with van der Waals surface area (Å²) in [4.78, 5) is 14.8. The molecule has 7 heteroatoms. The van der Waals surface area contributed by atoms with Gasteiger partial charge in [-0.3, -0.25) is 9.69 Å². The van der Waals surface area contributed by atoms with Gasteiger partial charge in [-0.25, -0.2) is 0 Å². The van der Waals surface area contributed by atoms with E-state index in [2.05, 4.69) is 15.5 Å². The molecule has 3 aliphatic heterocycles. The summed E-state index contributed by atoms with van der Waals surface area (Å²) in [7, 11) is 0. The number of morpholine rings is 2. The Kier molecular flexibility index (Phi) is 5.39. The molecule has 0 aromatic carbocycles. The lowest BCUT2D eigenvalue weighted by molar-refractivity contribution is -0.135. The number of hydrogen-bond donors (Lipinski definition) is 2. The highest BCUT2D eigenvalue weighted by atomic mass is 32.2. The minimum Gasteiger partial charge on any atom is -0.379 e. The van der Waals surface area contributed by atoms with Crippen molar-refractivity contribution < 1.29 is 14.3 Å². The van der Waals surface area contributed by atoms with Gasteiger partial charge in [0.05, 0.1) is 19.8 Å². The second-order valence-electron chi connectivity index (χ2n) is 5.91. The summed E-state index contributed by atoms with van der Waals surface area (Å²) in [6, 6.07) is 0. The molecule has 3 aliphatic rings. The maximum Gasteiger partial charge on any atom is 0.250 e. The Labute approximate surface area is 130 Å². The highest BCUT2D eigenvalue weighted by Crippen LogP contribution is 2.33. The summed E-state index contributed by atoms with van der Waals surface area (Å²) in [5.41, 5.74) is 0.103. The van der Waals surface area contributed by atoms with Crippen LogP contribution < -0.4 is 10.6 Å². The monoisotopic (exact) mass is 315 g/mol. The molecule has 1 amide bonds.